The van der Waals surface area contributed by atoms with Crippen molar-refractivity contribution in [2.75, 3.05) is 18.5 Å². The molecule has 1 aromatic carbocycles. The Kier molecular flexibility index (Phi) is 5.22. The van der Waals surface area contributed by atoms with E-state index in [9.17, 15) is 9.18 Å². The van der Waals surface area contributed by atoms with E-state index in [-0.39, 0.29) is 22.7 Å². The lowest BCUT2D eigenvalue weighted by Gasteiger charge is -2.11. The largest absolute Gasteiger partial charge is 0.376 e. The van der Waals surface area contributed by atoms with Crippen LogP contribution in [0.2, 0.25) is 5.02 Å². The molecule has 0 aliphatic carbocycles. The quantitative estimate of drug-likeness (QED) is 0.867. The highest BCUT2D eigenvalue weighted by atomic mass is 35.5. The lowest BCUT2D eigenvalue weighted by Crippen LogP contribution is -2.32. The molecule has 2 aromatic rings. The van der Waals surface area contributed by atoms with E-state index in [4.69, 9.17) is 16.3 Å². The molecule has 1 fully saturated rings. The highest BCUT2D eigenvalue weighted by molar-refractivity contribution is 6.31. The minimum atomic E-state index is -0.501. The predicted octanol–water partition coefficient (Wildman–Crippen LogP) is 2.92. The van der Waals surface area contributed by atoms with Crippen LogP contribution < -0.4 is 10.6 Å². The van der Waals surface area contributed by atoms with Crippen LogP contribution in [-0.2, 0) is 4.74 Å². The molecule has 8 heteroatoms. The van der Waals surface area contributed by atoms with Gasteiger partial charge in [0.2, 0.25) is 0 Å². The van der Waals surface area contributed by atoms with E-state index >= 15 is 0 Å². The summed E-state index contributed by atoms with van der Waals surface area (Å²) in [6.45, 7) is 1.20. The number of hydrogen-bond acceptors (Lipinski definition) is 5. The molecule has 3 rings (SSSR count). The first-order valence-electron chi connectivity index (χ1n) is 7.56. The van der Waals surface area contributed by atoms with E-state index in [1.54, 1.807) is 0 Å². The van der Waals surface area contributed by atoms with Crippen molar-refractivity contribution < 1.29 is 13.9 Å². The third-order valence-corrected chi connectivity index (χ3v) is 3.90. The van der Waals surface area contributed by atoms with Gasteiger partial charge in [0.25, 0.3) is 5.91 Å². The number of rotatable bonds is 5. The smallest absolute Gasteiger partial charge is 0.270 e. The van der Waals surface area contributed by atoms with Crippen LogP contribution in [0, 0.1) is 5.82 Å². The second-order valence-electron chi connectivity index (χ2n) is 5.39. The normalized spacial score (nSPS) is 16.8. The molecule has 1 unspecified atom stereocenters. The molecule has 2 N–H and O–H groups in total. The Bertz CT molecular complexity index is 738. The average molecular weight is 351 g/mol. The van der Waals surface area contributed by atoms with Crippen LogP contribution in [0.4, 0.5) is 15.9 Å². The zero-order valence-corrected chi connectivity index (χ0v) is 13.5. The zero-order valence-electron chi connectivity index (χ0n) is 12.8. The number of hydrogen-bond donors (Lipinski definition) is 2. The number of anilines is 2. The van der Waals surface area contributed by atoms with E-state index in [0.717, 1.165) is 19.4 Å². The number of halogens is 2. The van der Waals surface area contributed by atoms with Crippen LogP contribution in [0.25, 0.3) is 0 Å². The molecule has 1 amide bonds. The van der Waals surface area contributed by atoms with Gasteiger partial charge >= 0.3 is 0 Å². The lowest BCUT2D eigenvalue weighted by molar-refractivity contribution is 0.0853. The van der Waals surface area contributed by atoms with Crippen LogP contribution >= 0.6 is 11.6 Å². The monoisotopic (exact) mass is 350 g/mol. The lowest BCUT2D eigenvalue weighted by atomic mass is 10.2. The van der Waals surface area contributed by atoms with Gasteiger partial charge < -0.3 is 15.4 Å². The summed E-state index contributed by atoms with van der Waals surface area (Å²) in [7, 11) is 0. The second kappa shape index (κ2) is 7.55. The summed E-state index contributed by atoms with van der Waals surface area (Å²) in [4.78, 5) is 20.2. The van der Waals surface area contributed by atoms with Crippen molar-refractivity contribution in [3.63, 3.8) is 0 Å². The molecule has 126 valence electrons. The Balaban J connectivity index is 1.64. The number of carbonyl (C=O) groups excluding carboxylic acids is 1. The molecule has 0 radical (unpaired) electrons. The molecule has 6 nitrogen and oxygen atoms in total. The number of amides is 1. The molecular formula is C16H16ClFN4O2. The number of benzene rings is 1. The topological polar surface area (TPSA) is 76.1 Å². The number of nitrogens with one attached hydrogen (secondary N) is 2. The molecule has 0 saturated carbocycles. The number of carbonyl (C=O) groups is 1. The van der Waals surface area contributed by atoms with E-state index in [2.05, 4.69) is 20.6 Å². The maximum Gasteiger partial charge on any atom is 0.270 e. The number of aromatic nitrogens is 2. The van der Waals surface area contributed by atoms with Gasteiger partial charge in [0.05, 0.1) is 11.1 Å². The fourth-order valence-electron chi connectivity index (χ4n) is 2.37. The summed E-state index contributed by atoms with van der Waals surface area (Å²) in [6, 6.07) is 5.74. The van der Waals surface area contributed by atoms with Gasteiger partial charge in [0, 0.05) is 24.9 Å². The van der Waals surface area contributed by atoms with Crippen LogP contribution in [0.3, 0.4) is 0 Å². The highest BCUT2D eigenvalue weighted by Crippen LogP contribution is 2.22. The SMILES string of the molecule is O=C(NCC1CCCO1)c1cc(Nc2ccc(F)c(Cl)c2)ncn1. The van der Waals surface area contributed by atoms with Crippen LogP contribution in [0.1, 0.15) is 23.3 Å². The first-order chi connectivity index (χ1) is 11.6. The predicted molar refractivity (Wildman–Crippen MR) is 88.0 cm³/mol. The van der Waals surface area contributed by atoms with Crippen LogP contribution in [-0.4, -0.2) is 35.1 Å². The molecule has 1 atom stereocenters. The number of nitrogens with zero attached hydrogens (tertiary/aromatic N) is 2. The van der Waals surface area contributed by atoms with Crippen molar-refractivity contribution in [1.29, 1.82) is 0 Å². The fourth-order valence-corrected chi connectivity index (χ4v) is 2.55. The number of ether oxygens (including phenoxy) is 1. The van der Waals surface area contributed by atoms with E-state index in [0.29, 0.717) is 18.1 Å². The molecule has 2 heterocycles. The van der Waals surface area contributed by atoms with Crippen LogP contribution in [0.15, 0.2) is 30.6 Å². The molecular weight excluding hydrogens is 335 g/mol. The second-order valence-corrected chi connectivity index (χ2v) is 5.79. The minimum Gasteiger partial charge on any atom is -0.376 e. The summed E-state index contributed by atoms with van der Waals surface area (Å²) in [5.74, 6) is -0.387. The molecule has 1 aliphatic heterocycles. The first kappa shape index (κ1) is 16.6. The van der Waals surface area contributed by atoms with E-state index in [1.807, 2.05) is 0 Å². The van der Waals surface area contributed by atoms with Gasteiger partial charge in [-0.3, -0.25) is 4.79 Å². The van der Waals surface area contributed by atoms with Crippen molar-refractivity contribution in [1.82, 2.24) is 15.3 Å². The summed E-state index contributed by atoms with van der Waals surface area (Å²) >= 11 is 5.74. The molecule has 1 aromatic heterocycles. The van der Waals surface area contributed by atoms with Crippen molar-refractivity contribution in [3.05, 3.63) is 47.1 Å². The van der Waals surface area contributed by atoms with Crippen molar-refractivity contribution in [3.8, 4) is 0 Å². The van der Waals surface area contributed by atoms with Gasteiger partial charge in [-0.1, -0.05) is 11.6 Å². The van der Waals surface area contributed by atoms with Gasteiger partial charge in [-0.25, -0.2) is 14.4 Å². The average Bonchev–Trinajstić information content (AvgIpc) is 3.10. The third kappa shape index (κ3) is 4.18. The Labute approximate surface area is 143 Å². The standard InChI is InChI=1S/C16H16ClFN4O2/c17-12-6-10(3-4-13(12)18)22-15-7-14(20-9-21-15)16(23)19-8-11-2-1-5-24-11/h3-4,6-7,9,11H,1-2,5,8H2,(H,19,23)(H,20,21,22). The molecule has 0 spiro atoms. The third-order valence-electron chi connectivity index (χ3n) is 3.61. The fraction of sp³-hybridized carbons (Fsp3) is 0.312. The van der Waals surface area contributed by atoms with Crippen molar-refractivity contribution in [2.24, 2.45) is 0 Å². The summed E-state index contributed by atoms with van der Waals surface area (Å²) in [5.41, 5.74) is 0.796. The maximum absolute atomic E-state index is 13.2. The zero-order chi connectivity index (χ0) is 16.9. The van der Waals surface area contributed by atoms with E-state index in [1.165, 1.54) is 30.6 Å². The molecule has 1 aliphatic rings. The Morgan fingerprint density at radius 3 is 3.00 bits per heavy atom. The highest BCUT2D eigenvalue weighted by Gasteiger charge is 2.17. The van der Waals surface area contributed by atoms with Crippen molar-refractivity contribution >= 4 is 29.0 Å². The van der Waals surface area contributed by atoms with Gasteiger partial charge in [-0.15, -0.1) is 0 Å². The Morgan fingerprint density at radius 1 is 1.38 bits per heavy atom. The van der Waals surface area contributed by atoms with Crippen LogP contribution in [0.5, 0.6) is 0 Å². The van der Waals surface area contributed by atoms with Gasteiger partial charge in [-0.05, 0) is 31.0 Å². The Hall–Kier alpha value is -2.25. The van der Waals surface area contributed by atoms with Gasteiger partial charge in [-0.2, -0.15) is 0 Å². The summed E-state index contributed by atoms with van der Waals surface area (Å²) in [6.07, 6.45) is 3.31. The van der Waals surface area contributed by atoms with E-state index < -0.39 is 5.82 Å². The molecule has 1 saturated heterocycles. The first-order valence-corrected chi connectivity index (χ1v) is 7.93. The summed E-state index contributed by atoms with van der Waals surface area (Å²) < 4.78 is 18.6. The Morgan fingerprint density at radius 2 is 2.25 bits per heavy atom. The van der Waals surface area contributed by atoms with Gasteiger partial charge in [0.1, 0.15) is 23.7 Å². The minimum absolute atomic E-state index is 0.00332. The maximum atomic E-state index is 13.2. The van der Waals surface area contributed by atoms with Gasteiger partial charge in [0.15, 0.2) is 0 Å². The molecule has 0 bridgehead atoms. The summed E-state index contributed by atoms with van der Waals surface area (Å²) in [5, 5.41) is 5.76. The van der Waals surface area contributed by atoms with Crippen molar-refractivity contribution in [2.45, 2.75) is 18.9 Å². The molecule has 24 heavy (non-hydrogen) atoms.